The Balaban J connectivity index is 1.47. The number of hydrogen-bond donors (Lipinski definition) is 2. The van der Waals surface area contributed by atoms with Gasteiger partial charge in [-0.1, -0.05) is 6.07 Å². The zero-order valence-corrected chi connectivity index (χ0v) is 15.1. The van der Waals surface area contributed by atoms with Crippen molar-refractivity contribution in [3.8, 4) is 0 Å². The molecule has 2 amide bonds. The lowest BCUT2D eigenvalue weighted by atomic mass is 9.82. The van der Waals surface area contributed by atoms with Gasteiger partial charge in [0.2, 0.25) is 11.8 Å². The molecule has 1 aromatic heterocycles. The third-order valence-electron chi connectivity index (χ3n) is 5.93. The Hall–Kier alpha value is -2.70. The third-order valence-corrected chi connectivity index (χ3v) is 5.93. The third kappa shape index (κ3) is 3.59. The van der Waals surface area contributed by atoms with Gasteiger partial charge in [0.25, 0.3) is 0 Å². The molecule has 1 saturated heterocycles. The summed E-state index contributed by atoms with van der Waals surface area (Å²) in [6.45, 7) is 0.785. The number of hydrogen-bond acceptors (Lipinski definition) is 4. The Morgan fingerprint density at radius 3 is 2.67 bits per heavy atom. The van der Waals surface area contributed by atoms with Crippen LogP contribution in [0.25, 0.3) is 10.9 Å². The molecule has 2 aliphatic rings. The molecule has 7 heteroatoms. The summed E-state index contributed by atoms with van der Waals surface area (Å²) in [4.78, 5) is 34.5. The SMILES string of the molecule is O=C1CC[C@H](c2ccc3c(cnn3CC3CCC(C(=O)O)CC3)c2)C(=O)N1. The number of nitrogens with zero attached hydrogens (tertiary/aromatic N) is 2. The Morgan fingerprint density at radius 2 is 1.96 bits per heavy atom. The molecular weight excluding hydrogens is 346 g/mol. The number of fused-ring (bicyclic) bond motifs is 1. The van der Waals surface area contributed by atoms with E-state index in [1.807, 2.05) is 29.1 Å². The second-order valence-corrected chi connectivity index (χ2v) is 7.70. The predicted molar refractivity (Wildman–Crippen MR) is 97.9 cm³/mol. The van der Waals surface area contributed by atoms with Crippen molar-refractivity contribution in [3.05, 3.63) is 30.0 Å². The molecule has 2 aromatic rings. The summed E-state index contributed by atoms with van der Waals surface area (Å²) in [7, 11) is 0. The molecule has 0 radical (unpaired) electrons. The second-order valence-electron chi connectivity index (χ2n) is 7.70. The van der Waals surface area contributed by atoms with E-state index in [0.717, 1.165) is 48.7 Å². The first-order valence-electron chi connectivity index (χ1n) is 9.53. The molecule has 2 heterocycles. The van der Waals surface area contributed by atoms with E-state index in [0.29, 0.717) is 18.8 Å². The summed E-state index contributed by atoms with van der Waals surface area (Å²) in [6, 6.07) is 5.92. The van der Waals surface area contributed by atoms with Gasteiger partial charge in [0.15, 0.2) is 0 Å². The number of nitrogens with one attached hydrogen (secondary N) is 1. The fraction of sp³-hybridized carbons (Fsp3) is 0.500. The lowest BCUT2D eigenvalue weighted by Crippen LogP contribution is -2.39. The van der Waals surface area contributed by atoms with Gasteiger partial charge in [0.05, 0.1) is 23.5 Å². The molecular formula is C20H23N3O4. The van der Waals surface area contributed by atoms with Crippen LogP contribution in [0.1, 0.15) is 50.0 Å². The van der Waals surface area contributed by atoms with Crippen LogP contribution in [0.3, 0.4) is 0 Å². The number of benzene rings is 1. The minimum atomic E-state index is -0.682. The van der Waals surface area contributed by atoms with E-state index in [1.165, 1.54) is 0 Å². The van der Waals surface area contributed by atoms with Crippen molar-refractivity contribution < 1.29 is 19.5 Å². The normalized spacial score (nSPS) is 26.1. The second kappa shape index (κ2) is 7.13. The highest BCUT2D eigenvalue weighted by atomic mass is 16.4. The van der Waals surface area contributed by atoms with Gasteiger partial charge in [-0.3, -0.25) is 24.4 Å². The van der Waals surface area contributed by atoms with Crippen molar-refractivity contribution in [2.45, 2.75) is 51.0 Å². The predicted octanol–water partition coefficient (Wildman–Crippen LogP) is 2.45. The highest BCUT2D eigenvalue weighted by Crippen LogP contribution is 2.32. The Morgan fingerprint density at radius 1 is 1.19 bits per heavy atom. The quantitative estimate of drug-likeness (QED) is 0.806. The van der Waals surface area contributed by atoms with Gasteiger partial charge >= 0.3 is 5.97 Å². The fourth-order valence-electron chi connectivity index (χ4n) is 4.32. The summed E-state index contributed by atoms with van der Waals surface area (Å²) in [6.07, 6.45) is 6.01. The van der Waals surface area contributed by atoms with Crippen molar-refractivity contribution in [1.29, 1.82) is 0 Å². The Labute approximate surface area is 156 Å². The van der Waals surface area contributed by atoms with Gasteiger partial charge < -0.3 is 5.11 Å². The molecule has 142 valence electrons. The fourth-order valence-corrected chi connectivity index (χ4v) is 4.32. The first-order valence-corrected chi connectivity index (χ1v) is 9.53. The van der Waals surface area contributed by atoms with Crippen molar-refractivity contribution in [2.24, 2.45) is 11.8 Å². The smallest absolute Gasteiger partial charge is 0.306 e. The number of carbonyl (C=O) groups is 3. The van der Waals surface area contributed by atoms with Crippen LogP contribution in [0.5, 0.6) is 0 Å². The first kappa shape index (κ1) is 17.7. The minimum absolute atomic E-state index is 0.202. The van der Waals surface area contributed by atoms with Gasteiger partial charge in [0.1, 0.15) is 0 Å². The number of carboxylic acids is 1. The van der Waals surface area contributed by atoms with Gasteiger partial charge in [-0.25, -0.2) is 0 Å². The van der Waals surface area contributed by atoms with Crippen molar-refractivity contribution in [3.63, 3.8) is 0 Å². The number of aliphatic carboxylic acids is 1. The average molecular weight is 369 g/mol. The molecule has 2 N–H and O–H groups in total. The molecule has 27 heavy (non-hydrogen) atoms. The van der Waals surface area contributed by atoms with Crippen LogP contribution in [0.2, 0.25) is 0 Å². The van der Waals surface area contributed by atoms with Gasteiger partial charge in [-0.05, 0) is 55.7 Å². The molecule has 0 bridgehead atoms. The highest BCUT2D eigenvalue weighted by molar-refractivity contribution is 6.01. The van der Waals surface area contributed by atoms with E-state index in [2.05, 4.69) is 10.4 Å². The molecule has 2 fully saturated rings. The summed E-state index contributed by atoms with van der Waals surface area (Å²) in [5.74, 6) is -1.16. The zero-order valence-electron chi connectivity index (χ0n) is 15.1. The number of aromatic nitrogens is 2. The van der Waals surface area contributed by atoms with Crippen LogP contribution < -0.4 is 5.32 Å². The molecule has 7 nitrogen and oxygen atoms in total. The van der Waals surface area contributed by atoms with Gasteiger partial charge in [-0.2, -0.15) is 5.10 Å². The first-order chi connectivity index (χ1) is 13.0. The number of rotatable bonds is 4. The molecule has 0 spiro atoms. The lowest BCUT2D eigenvalue weighted by Gasteiger charge is -2.26. The molecule has 1 aromatic carbocycles. The number of carboxylic acid groups (broad SMARTS) is 1. The summed E-state index contributed by atoms with van der Waals surface area (Å²) in [5.41, 5.74) is 1.93. The van der Waals surface area contributed by atoms with Crippen molar-refractivity contribution >= 4 is 28.7 Å². The van der Waals surface area contributed by atoms with E-state index in [1.54, 1.807) is 0 Å². The maximum atomic E-state index is 12.1. The highest BCUT2D eigenvalue weighted by Gasteiger charge is 2.29. The number of amides is 2. The average Bonchev–Trinajstić information content (AvgIpc) is 3.04. The monoisotopic (exact) mass is 369 g/mol. The summed E-state index contributed by atoms with van der Waals surface area (Å²) >= 11 is 0. The summed E-state index contributed by atoms with van der Waals surface area (Å²) in [5, 5.41) is 17.0. The van der Waals surface area contributed by atoms with Crippen LogP contribution in [0, 0.1) is 11.8 Å². The van der Waals surface area contributed by atoms with E-state index < -0.39 is 5.97 Å². The summed E-state index contributed by atoms with van der Waals surface area (Å²) < 4.78 is 1.98. The topological polar surface area (TPSA) is 101 Å². The largest absolute Gasteiger partial charge is 0.481 e. The van der Waals surface area contributed by atoms with Crippen molar-refractivity contribution in [2.75, 3.05) is 0 Å². The molecule has 1 atom stereocenters. The molecule has 0 unspecified atom stereocenters. The Bertz CT molecular complexity index is 896. The van der Waals surface area contributed by atoms with Crippen LogP contribution in [-0.2, 0) is 20.9 Å². The lowest BCUT2D eigenvalue weighted by molar-refractivity contribution is -0.143. The van der Waals surface area contributed by atoms with E-state index in [4.69, 9.17) is 5.11 Å². The van der Waals surface area contributed by atoms with Crippen LogP contribution in [0.15, 0.2) is 24.4 Å². The van der Waals surface area contributed by atoms with E-state index in [-0.39, 0.29) is 23.7 Å². The number of piperidine rings is 1. The van der Waals surface area contributed by atoms with E-state index >= 15 is 0 Å². The van der Waals surface area contributed by atoms with Gasteiger partial charge in [0, 0.05) is 18.4 Å². The number of imide groups is 1. The Kier molecular flexibility index (Phi) is 4.68. The number of carbonyl (C=O) groups excluding carboxylic acids is 2. The zero-order chi connectivity index (χ0) is 19.0. The van der Waals surface area contributed by atoms with Crippen LogP contribution in [-0.4, -0.2) is 32.7 Å². The van der Waals surface area contributed by atoms with Crippen molar-refractivity contribution in [1.82, 2.24) is 15.1 Å². The van der Waals surface area contributed by atoms with Gasteiger partial charge in [-0.15, -0.1) is 0 Å². The van der Waals surface area contributed by atoms with Crippen LogP contribution >= 0.6 is 0 Å². The molecule has 1 saturated carbocycles. The standard InChI is InChI=1S/C20H23N3O4/c24-18-8-6-16(19(25)22-18)14-5-7-17-15(9-14)10-21-23(17)11-12-1-3-13(4-2-12)20(26)27/h5,7,9-10,12-13,16H,1-4,6,8,11H2,(H,26,27)(H,22,24,25)/t12?,13?,16-/m1/s1. The van der Waals surface area contributed by atoms with Crippen LogP contribution in [0.4, 0.5) is 0 Å². The maximum Gasteiger partial charge on any atom is 0.306 e. The minimum Gasteiger partial charge on any atom is -0.481 e. The maximum absolute atomic E-state index is 12.1. The molecule has 1 aliphatic heterocycles. The van der Waals surface area contributed by atoms with E-state index in [9.17, 15) is 14.4 Å². The molecule has 4 rings (SSSR count). The molecule has 1 aliphatic carbocycles.